The first-order valence-electron chi connectivity index (χ1n) is 11.4. The Bertz CT molecular complexity index is 724. The molecule has 172 valence electrons. The van der Waals surface area contributed by atoms with Gasteiger partial charge in [-0.05, 0) is 12.8 Å². The highest BCUT2D eigenvalue weighted by Gasteiger charge is 2.56. The molecule has 4 fully saturated rings. The fraction of sp³-hybridized carbons (Fsp3) is 0.810. The molecule has 1 aliphatic carbocycles. The quantitative estimate of drug-likeness (QED) is 0.557. The van der Waals surface area contributed by atoms with Crippen molar-refractivity contribution in [2.45, 2.75) is 37.6 Å². The van der Waals surface area contributed by atoms with Gasteiger partial charge in [-0.1, -0.05) is 19.3 Å². The Morgan fingerprint density at radius 2 is 1.39 bits per heavy atom. The minimum Gasteiger partial charge on any atom is -0.379 e. The predicted molar refractivity (Wildman–Crippen MR) is 111 cm³/mol. The third kappa shape index (κ3) is 4.27. The number of piperazine rings is 1. The monoisotopic (exact) mass is 435 g/mol. The van der Waals surface area contributed by atoms with Crippen LogP contribution in [0.5, 0.6) is 0 Å². The van der Waals surface area contributed by atoms with Crippen molar-refractivity contribution in [2.24, 2.45) is 0 Å². The van der Waals surface area contributed by atoms with E-state index in [1.165, 1.54) is 0 Å². The molecular formula is C21H33N5O5. The zero-order chi connectivity index (χ0) is 22.0. The number of nitrogens with zero attached hydrogens (tertiary/aromatic N) is 5. The highest BCUT2D eigenvalue weighted by Crippen LogP contribution is 2.39. The molecule has 3 heterocycles. The van der Waals surface area contributed by atoms with E-state index in [2.05, 4.69) is 4.90 Å². The molecule has 0 N–H and O–H groups in total. The maximum atomic E-state index is 13.1. The molecule has 5 amide bonds. The molecule has 1 saturated carbocycles. The summed E-state index contributed by atoms with van der Waals surface area (Å²) in [5, 5.41) is 0. The topological polar surface area (TPSA) is 93.7 Å². The molecule has 0 radical (unpaired) electrons. The van der Waals surface area contributed by atoms with Gasteiger partial charge < -0.3 is 19.4 Å². The molecule has 10 heteroatoms. The fourth-order valence-corrected chi connectivity index (χ4v) is 5.16. The summed E-state index contributed by atoms with van der Waals surface area (Å²) in [5.41, 5.74) is -0.764. The number of rotatable bonds is 4. The molecule has 0 atom stereocenters. The van der Waals surface area contributed by atoms with Gasteiger partial charge >= 0.3 is 6.03 Å². The lowest BCUT2D eigenvalue weighted by Crippen LogP contribution is -2.55. The number of carbonyl (C=O) groups is 4. The predicted octanol–water partition coefficient (Wildman–Crippen LogP) is -0.414. The van der Waals surface area contributed by atoms with E-state index < -0.39 is 5.54 Å². The highest BCUT2D eigenvalue weighted by atomic mass is 16.5. The second-order valence-corrected chi connectivity index (χ2v) is 8.98. The number of imide groups is 1. The van der Waals surface area contributed by atoms with E-state index in [0.717, 1.165) is 37.3 Å². The van der Waals surface area contributed by atoms with E-state index in [-0.39, 0.29) is 30.3 Å². The summed E-state index contributed by atoms with van der Waals surface area (Å²) in [6.45, 7) is 4.78. The van der Waals surface area contributed by atoms with Crippen molar-refractivity contribution in [2.75, 3.05) is 72.6 Å². The van der Waals surface area contributed by atoms with Gasteiger partial charge in [-0.2, -0.15) is 0 Å². The summed E-state index contributed by atoms with van der Waals surface area (Å²) in [6, 6.07) is -0.375. The van der Waals surface area contributed by atoms with E-state index in [9.17, 15) is 19.2 Å². The summed E-state index contributed by atoms with van der Waals surface area (Å²) < 4.78 is 5.31. The lowest BCUT2D eigenvalue weighted by atomic mass is 9.81. The Balaban J connectivity index is 1.28. The molecule has 1 spiro atoms. The summed E-state index contributed by atoms with van der Waals surface area (Å²) >= 11 is 0. The third-order valence-corrected chi connectivity index (χ3v) is 7.22. The zero-order valence-corrected chi connectivity index (χ0v) is 18.4. The van der Waals surface area contributed by atoms with Crippen molar-refractivity contribution in [3.63, 3.8) is 0 Å². The molecule has 31 heavy (non-hydrogen) atoms. The molecule has 0 aromatic rings. The van der Waals surface area contributed by atoms with Crippen LogP contribution in [0.15, 0.2) is 0 Å². The minimum atomic E-state index is -0.764. The van der Waals surface area contributed by atoms with Gasteiger partial charge in [0.1, 0.15) is 12.1 Å². The first kappa shape index (κ1) is 22.0. The van der Waals surface area contributed by atoms with Crippen molar-refractivity contribution in [1.29, 1.82) is 0 Å². The largest absolute Gasteiger partial charge is 0.379 e. The normalized spacial score (nSPS) is 24.9. The molecule has 0 bridgehead atoms. The third-order valence-electron chi connectivity index (χ3n) is 7.22. The van der Waals surface area contributed by atoms with E-state index in [1.807, 2.05) is 0 Å². The van der Waals surface area contributed by atoms with Crippen LogP contribution in [0.4, 0.5) is 4.79 Å². The van der Waals surface area contributed by atoms with Gasteiger partial charge in [-0.25, -0.2) is 4.79 Å². The number of urea groups is 1. The lowest BCUT2D eigenvalue weighted by Gasteiger charge is -2.37. The molecule has 0 aromatic heterocycles. The zero-order valence-electron chi connectivity index (χ0n) is 18.4. The Kier molecular flexibility index (Phi) is 6.47. The summed E-state index contributed by atoms with van der Waals surface area (Å²) in [6.07, 6.45) is 4.26. The fourth-order valence-electron chi connectivity index (χ4n) is 5.16. The maximum absolute atomic E-state index is 13.1. The second-order valence-electron chi connectivity index (χ2n) is 8.98. The van der Waals surface area contributed by atoms with Crippen molar-refractivity contribution in [3.05, 3.63) is 0 Å². The van der Waals surface area contributed by atoms with Crippen LogP contribution in [0, 0.1) is 0 Å². The van der Waals surface area contributed by atoms with Gasteiger partial charge in [-0.15, -0.1) is 0 Å². The van der Waals surface area contributed by atoms with Crippen LogP contribution in [-0.2, 0) is 19.1 Å². The van der Waals surface area contributed by atoms with Crippen molar-refractivity contribution in [1.82, 2.24) is 24.5 Å². The molecule has 4 rings (SSSR count). The van der Waals surface area contributed by atoms with E-state index >= 15 is 0 Å². The number of carbonyl (C=O) groups excluding carboxylic acids is 4. The van der Waals surface area contributed by atoms with Crippen LogP contribution < -0.4 is 0 Å². The Morgan fingerprint density at radius 1 is 0.839 bits per heavy atom. The first-order valence-corrected chi connectivity index (χ1v) is 11.4. The Morgan fingerprint density at radius 3 is 1.97 bits per heavy atom. The standard InChI is InChI=1S/C21H33N5O5/c1-22-20(30)26(19(29)21(22)5-3-2-4-6-21)16-18(28)25-9-7-24(8-10-25)17(27)15-23-11-13-31-14-12-23/h2-16H2,1H3. The van der Waals surface area contributed by atoms with Crippen molar-refractivity contribution in [3.8, 4) is 0 Å². The summed E-state index contributed by atoms with van der Waals surface area (Å²) in [5.74, 6) is -0.393. The van der Waals surface area contributed by atoms with Gasteiger partial charge in [0, 0.05) is 46.3 Å². The summed E-state index contributed by atoms with van der Waals surface area (Å²) in [4.78, 5) is 59.4. The number of hydrogen-bond donors (Lipinski definition) is 0. The molecule has 0 aromatic carbocycles. The average molecular weight is 436 g/mol. The number of hydrogen-bond acceptors (Lipinski definition) is 6. The van der Waals surface area contributed by atoms with Crippen molar-refractivity contribution < 1.29 is 23.9 Å². The lowest BCUT2D eigenvalue weighted by molar-refractivity contribution is -0.143. The van der Waals surface area contributed by atoms with Crippen LogP contribution in [-0.4, -0.2) is 126 Å². The van der Waals surface area contributed by atoms with Crippen LogP contribution in [0.2, 0.25) is 0 Å². The number of amides is 5. The average Bonchev–Trinajstić information content (AvgIpc) is 2.96. The smallest absolute Gasteiger partial charge is 0.327 e. The Labute approximate surface area is 183 Å². The van der Waals surface area contributed by atoms with Crippen LogP contribution in [0.1, 0.15) is 32.1 Å². The van der Waals surface area contributed by atoms with E-state index in [0.29, 0.717) is 58.8 Å². The molecule has 4 aliphatic rings. The molecule has 3 saturated heterocycles. The van der Waals surface area contributed by atoms with Crippen LogP contribution in [0.25, 0.3) is 0 Å². The number of ether oxygens (including phenoxy) is 1. The molecule has 0 unspecified atom stereocenters. The van der Waals surface area contributed by atoms with Crippen molar-refractivity contribution >= 4 is 23.8 Å². The van der Waals surface area contributed by atoms with Gasteiger partial charge in [0.2, 0.25) is 11.8 Å². The van der Waals surface area contributed by atoms with E-state index in [1.54, 1.807) is 21.7 Å². The summed E-state index contributed by atoms with van der Waals surface area (Å²) in [7, 11) is 1.68. The van der Waals surface area contributed by atoms with E-state index in [4.69, 9.17) is 4.74 Å². The molecule has 10 nitrogen and oxygen atoms in total. The SMILES string of the molecule is CN1C(=O)N(CC(=O)N2CCN(C(=O)CN3CCOCC3)CC2)C(=O)C12CCCCC2. The molecule has 3 aliphatic heterocycles. The van der Waals surface area contributed by atoms with Crippen LogP contribution >= 0.6 is 0 Å². The van der Waals surface area contributed by atoms with Gasteiger partial charge in [0.05, 0.1) is 19.8 Å². The Hall–Kier alpha value is -2.20. The highest BCUT2D eigenvalue weighted by molar-refractivity contribution is 6.09. The number of likely N-dealkylation sites (N-methyl/N-ethyl adjacent to an activating group) is 1. The van der Waals surface area contributed by atoms with Gasteiger partial charge in [-0.3, -0.25) is 24.2 Å². The molecular weight excluding hydrogens is 402 g/mol. The van der Waals surface area contributed by atoms with Crippen LogP contribution in [0.3, 0.4) is 0 Å². The van der Waals surface area contributed by atoms with Gasteiger partial charge in [0.25, 0.3) is 5.91 Å². The number of morpholine rings is 1. The second kappa shape index (κ2) is 9.12. The minimum absolute atomic E-state index is 0.0692. The first-order chi connectivity index (χ1) is 14.9. The van der Waals surface area contributed by atoms with Gasteiger partial charge in [0.15, 0.2) is 0 Å². The maximum Gasteiger partial charge on any atom is 0.327 e.